The quantitative estimate of drug-likeness (QED) is 0.690. The van der Waals surface area contributed by atoms with Gasteiger partial charge in [-0.15, -0.1) is 0 Å². The molecule has 0 aromatic rings. The normalized spacial score (nSPS) is 14.6. The molecule has 0 saturated carbocycles. The number of halogens is 1. The Morgan fingerprint density at radius 2 is 1.52 bits per heavy atom. The highest BCUT2D eigenvalue weighted by Gasteiger charge is 2.22. The molecule has 136 valence electrons. The van der Waals surface area contributed by atoms with E-state index in [1.54, 1.807) is 41.5 Å². The van der Waals surface area contributed by atoms with Gasteiger partial charge in [0.2, 0.25) is 0 Å². The van der Waals surface area contributed by atoms with Crippen LogP contribution in [0.2, 0.25) is 0 Å². The summed E-state index contributed by atoms with van der Waals surface area (Å²) in [4.78, 5) is 23.1. The molecule has 0 aromatic heterocycles. The van der Waals surface area contributed by atoms with Crippen molar-refractivity contribution in [1.82, 2.24) is 10.6 Å². The van der Waals surface area contributed by atoms with Gasteiger partial charge < -0.3 is 25.8 Å². The van der Waals surface area contributed by atoms with Crippen LogP contribution in [0.3, 0.4) is 0 Å². The van der Waals surface area contributed by atoms with Crippen LogP contribution in [0, 0.1) is 0 Å². The van der Waals surface area contributed by atoms with E-state index in [1.807, 2.05) is 0 Å². The minimum Gasteiger partial charge on any atom is -0.444 e. The third kappa shape index (κ3) is 12.6. The summed E-state index contributed by atoms with van der Waals surface area (Å²) in [5.74, 6) is 0. The van der Waals surface area contributed by atoms with E-state index in [4.69, 9.17) is 15.2 Å². The van der Waals surface area contributed by atoms with E-state index in [1.165, 1.54) is 0 Å². The molecule has 2 amide bonds. The smallest absolute Gasteiger partial charge is 0.407 e. The molecule has 0 unspecified atom stereocenters. The van der Waals surface area contributed by atoms with Crippen LogP contribution in [-0.4, -0.2) is 48.7 Å². The van der Waals surface area contributed by atoms with Gasteiger partial charge in [0.05, 0.1) is 6.54 Å². The second kappa shape index (κ2) is 8.90. The summed E-state index contributed by atoms with van der Waals surface area (Å²) >= 11 is 0. The summed E-state index contributed by atoms with van der Waals surface area (Å²) in [5, 5.41) is 4.85. The second-order valence-electron chi connectivity index (χ2n) is 7.29. The number of ether oxygens (including phenoxy) is 2. The number of rotatable bonds is 6. The van der Waals surface area contributed by atoms with Crippen molar-refractivity contribution in [3.63, 3.8) is 0 Å². The number of amides is 2. The summed E-state index contributed by atoms with van der Waals surface area (Å²) in [6.07, 6.45) is -2.75. The molecule has 0 aliphatic rings. The van der Waals surface area contributed by atoms with Crippen LogP contribution in [0.5, 0.6) is 0 Å². The lowest BCUT2D eigenvalue weighted by Crippen LogP contribution is -2.45. The first-order chi connectivity index (χ1) is 10.3. The Bertz CT molecular complexity index is 391. The van der Waals surface area contributed by atoms with Crippen LogP contribution < -0.4 is 16.4 Å². The second-order valence-corrected chi connectivity index (χ2v) is 7.29. The maximum atomic E-state index is 13.9. The topological polar surface area (TPSA) is 103 Å². The van der Waals surface area contributed by atoms with Gasteiger partial charge in [-0.2, -0.15) is 0 Å². The van der Waals surface area contributed by atoms with Crippen molar-refractivity contribution in [2.24, 2.45) is 5.73 Å². The molecule has 8 heteroatoms. The molecule has 2 atom stereocenters. The highest BCUT2D eigenvalue weighted by atomic mass is 19.1. The van der Waals surface area contributed by atoms with Gasteiger partial charge in [0, 0.05) is 19.0 Å². The lowest BCUT2D eigenvalue weighted by molar-refractivity contribution is 0.0473. The Morgan fingerprint density at radius 3 is 1.96 bits per heavy atom. The third-order valence-corrected chi connectivity index (χ3v) is 2.41. The van der Waals surface area contributed by atoms with Crippen molar-refractivity contribution in [3.8, 4) is 0 Å². The molecule has 0 saturated heterocycles. The number of carbonyl (C=O) groups excluding carboxylic acids is 2. The number of hydrogen-bond acceptors (Lipinski definition) is 5. The predicted octanol–water partition coefficient (Wildman–Crippen LogP) is 2.09. The van der Waals surface area contributed by atoms with Gasteiger partial charge in [-0.25, -0.2) is 14.0 Å². The molecule has 4 N–H and O–H groups in total. The number of alkyl carbamates (subject to hydrolysis) is 2. The van der Waals surface area contributed by atoms with Crippen LogP contribution in [0.1, 0.15) is 48.0 Å². The van der Waals surface area contributed by atoms with Gasteiger partial charge in [0.1, 0.15) is 17.4 Å². The van der Waals surface area contributed by atoms with Crippen molar-refractivity contribution in [2.45, 2.75) is 71.4 Å². The standard InChI is InChI=1S/C15H30FN3O4/c1-14(2,3)22-12(20)18-9-10(16)7-11(8-17)19-13(21)23-15(4,5)6/h10-11H,7-9,17H2,1-6H3,(H,18,20)(H,19,21)/t10-,11+/m0/s1. The Labute approximate surface area is 137 Å². The van der Waals surface area contributed by atoms with E-state index < -0.39 is 35.6 Å². The number of nitrogens with one attached hydrogen (secondary N) is 2. The predicted molar refractivity (Wildman–Crippen MR) is 86.0 cm³/mol. The van der Waals surface area contributed by atoms with Gasteiger partial charge in [-0.3, -0.25) is 0 Å². The van der Waals surface area contributed by atoms with E-state index in [0.29, 0.717) is 0 Å². The number of carbonyl (C=O) groups is 2. The first-order valence-corrected chi connectivity index (χ1v) is 7.63. The maximum absolute atomic E-state index is 13.9. The molecule has 0 radical (unpaired) electrons. The molecule has 0 fully saturated rings. The molecule has 0 bridgehead atoms. The fourth-order valence-corrected chi connectivity index (χ4v) is 1.59. The van der Waals surface area contributed by atoms with Crippen molar-refractivity contribution >= 4 is 12.2 Å². The Morgan fingerprint density at radius 1 is 1.04 bits per heavy atom. The Kier molecular flexibility index (Phi) is 8.30. The van der Waals surface area contributed by atoms with Crippen LogP contribution in [0.25, 0.3) is 0 Å². The molecular weight excluding hydrogens is 305 g/mol. The molecule has 0 spiro atoms. The van der Waals surface area contributed by atoms with Crippen LogP contribution in [0.15, 0.2) is 0 Å². The fraction of sp³-hybridized carbons (Fsp3) is 0.867. The van der Waals surface area contributed by atoms with E-state index in [-0.39, 0.29) is 19.5 Å². The van der Waals surface area contributed by atoms with Crippen LogP contribution >= 0.6 is 0 Å². The average Bonchev–Trinajstić information content (AvgIpc) is 2.31. The van der Waals surface area contributed by atoms with Gasteiger partial charge >= 0.3 is 12.2 Å². The highest BCUT2D eigenvalue weighted by Crippen LogP contribution is 2.09. The molecule has 0 aliphatic carbocycles. The van der Waals surface area contributed by atoms with Gasteiger partial charge in [0.15, 0.2) is 0 Å². The van der Waals surface area contributed by atoms with Crippen molar-refractivity contribution in [1.29, 1.82) is 0 Å². The first kappa shape index (κ1) is 21.4. The number of hydrogen-bond donors (Lipinski definition) is 3. The summed E-state index contributed by atoms with van der Waals surface area (Å²) in [5.41, 5.74) is 4.24. The fourth-order valence-electron chi connectivity index (χ4n) is 1.59. The third-order valence-electron chi connectivity index (χ3n) is 2.41. The zero-order chi connectivity index (χ0) is 18.3. The number of alkyl halides is 1. The Hall–Kier alpha value is -1.57. The van der Waals surface area contributed by atoms with Gasteiger partial charge in [-0.1, -0.05) is 0 Å². The molecule has 7 nitrogen and oxygen atoms in total. The van der Waals surface area contributed by atoms with E-state index >= 15 is 0 Å². The zero-order valence-electron chi connectivity index (χ0n) is 14.9. The van der Waals surface area contributed by atoms with E-state index in [2.05, 4.69) is 10.6 Å². The monoisotopic (exact) mass is 335 g/mol. The largest absolute Gasteiger partial charge is 0.444 e. The van der Waals surface area contributed by atoms with Gasteiger partial charge in [-0.05, 0) is 41.5 Å². The lowest BCUT2D eigenvalue weighted by atomic mass is 10.1. The van der Waals surface area contributed by atoms with Crippen LogP contribution in [0.4, 0.5) is 14.0 Å². The molecule has 0 aromatic carbocycles. The average molecular weight is 335 g/mol. The van der Waals surface area contributed by atoms with Crippen molar-refractivity contribution < 1.29 is 23.5 Å². The molecular formula is C15H30FN3O4. The highest BCUT2D eigenvalue weighted by molar-refractivity contribution is 5.68. The maximum Gasteiger partial charge on any atom is 0.407 e. The van der Waals surface area contributed by atoms with E-state index in [9.17, 15) is 14.0 Å². The zero-order valence-corrected chi connectivity index (χ0v) is 14.9. The van der Waals surface area contributed by atoms with E-state index in [0.717, 1.165) is 0 Å². The SMILES string of the molecule is CC(C)(C)OC(=O)NC[C@@H](F)C[C@H](CN)NC(=O)OC(C)(C)C. The molecule has 0 aliphatic heterocycles. The molecule has 23 heavy (non-hydrogen) atoms. The first-order valence-electron chi connectivity index (χ1n) is 7.63. The summed E-state index contributed by atoms with van der Waals surface area (Å²) in [6.45, 7) is 10.2. The Balaban J connectivity index is 4.21. The summed E-state index contributed by atoms with van der Waals surface area (Å²) < 4.78 is 24.0. The van der Waals surface area contributed by atoms with Crippen LogP contribution in [-0.2, 0) is 9.47 Å². The minimum absolute atomic E-state index is 0.0362. The summed E-state index contributed by atoms with van der Waals surface area (Å²) in [6, 6.07) is -0.583. The molecule has 0 heterocycles. The van der Waals surface area contributed by atoms with Crippen molar-refractivity contribution in [2.75, 3.05) is 13.1 Å². The minimum atomic E-state index is -1.37. The molecule has 0 rings (SSSR count). The summed E-state index contributed by atoms with van der Waals surface area (Å²) in [7, 11) is 0. The van der Waals surface area contributed by atoms with Gasteiger partial charge in [0.25, 0.3) is 0 Å². The number of nitrogens with two attached hydrogens (primary N) is 1. The van der Waals surface area contributed by atoms with Crippen molar-refractivity contribution in [3.05, 3.63) is 0 Å². The lowest BCUT2D eigenvalue weighted by Gasteiger charge is -2.24.